The molecule has 8 heteroatoms. The van der Waals surface area contributed by atoms with Gasteiger partial charge in [-0.3, -0.25) is 10.1 Å². The minimum absolute atomic E-state index is 0.0885. The third-order valence-electron chi connectivity index (χ3n) is 4.58. The summed E-state index contributed by atoms with van der Waals surface area (Å²) in [7, 11) is 1.61. The van der Waals surface area contributed by atoms with Gasteiger partial charge >= 0.3 is 0 Å². The van der Waals surface area contributed by atoms with E-state index in [1.807, 2.05) is 26.2 Å². The lowest BCUT2D eigenvalue weighted by Gasteiger charge is -2.19. The van der Waals surface area contributed by atoms with Gasteiger partial charge in [0.1, 0.15) is 12.2 Å². The van der Waals surface area contributed by atoms with Gasteiger partial charge in [-0.05, 0) is 33.6 Å². The van der Waals surface area contributed by atoms with Crippen LogP contribution in [-0.4, -0.2) is 41.8 Å². The van der Waals surface area contributed by atoms with Gasteiger partial charge < -0.3 is 14.2 Å². The molecule has 3 rings (SSSR count). The number of thiazole rings is 1. The third kappa shape index (κ3) is 7.18. The summed E-state index contributed by atoms with van der Waals surface area (Å²) in [6.07, 6.45) is 8.96. The molecule has 0 aliphatic heterocycles. The lowest BCUT2D eigenvalue weighted by molar-refractivity contribution is 0.0875. The summed E-state index contributed by atoms with van der Waals surface area (Å²) in [5.41, 5.74) is 2.59. The molecule has 1 aliphatic rings. The summed E-state index contributed by atoms with van der Waals surface area (Å²) in [4.78, 5) is 21.6. The van der Waals surface area contributed by atoms with Gasteiger partial charge in [-0.1, -0.05) is 23.8 Å². The molecule has 2 unspecified atom stereocenters. The highest BCUT2D eigenvalue weighted by Crippen LogP contribution is 2.24. The Balaban J connectivity index is 1.77. The average molecular weight is 444 g/mol. The van der Waals surface area contributed by atoms with Gasteiger partial charge in [0, 0.05) is 31.0 Å². The Morgan fingerprint density at radius 2 is 1.94 bits per heavy atom. The van der Waals surface area contributed by atoms with Crippen LogP contribution in [0.25, 0.3) is 0 Å². The Hall–Kier alpha value is -2.71. The van der Waals surface area contributed by atoms with Gasteiger partial charge in [0.15, 0.2) is 5.13 Å². The largest absolute Gasteiger partial charge is 0.474 e. The molecule has 0 radical (unpaired) electrons. The fourth-order valence-corrected chi connectivity index (χ4v) is 3.91. The maximum absolute atomic E-state index is 12.8. The number of anilines is 1. The van der Waals surface area contributed by atoms with E-state index in [1.165, 1.54) is 16.9 Å². The predicted octanol–water partition coefficient (Wildman–Crippen LogP) is 4.95. The van der Waals surface area contributed by atoms with Crippen molar-refractivity contribution in [2.75, 3.05) is 19.0 Å². The van der Waals surface area contributed by atoms with E-state index in [0.717, 1.165) is 25.0 Å². The summed E-state index contributed by atoms with van der Waals surface area (Å²) in [5.74, 6) is 0.371. The fraction of sp³-hybridized carbons (Fsp3) is 0.435. The number of aromatic nitrogens is 2. The van der Waals surface area contributed by atoms with E-state index in [4.69, 9.17) is 14.2 Å². The van der Waals surface area contributed by atoms with Gasteiger partial charge in [0.25, 0.3) is 5.91 Å². The number of carbonyl (C=O) groups is 1. The summed E-state index contributed by atoms with van der Waals surface area (Å²) in [5, 5.41) is 5.25. The minimum Gasteiger partial charge on any atom is -0.474 e. The van der Waals surface area contributed by atoms with E-state index in [1.54, 1.807) is 19.2 Å². The number of hydrogen-bond acceptors (Lipinski definition) is 7. The van der Waals surface area contributed by atoms with Crippen molar-refractivity contribution in [3.8, 4) is 11.8 Å². The lowest BCUT2D eigenvalue weighted by Crippen LogP contribution is -2.20. The van der Waals surface area contributed by atoms with Crippen molar-refractivity contribution in [3.05, 3.63) is 52.6 Å². The van der Waals surface area contributed by atoms with Gasteiger partial charge in [-0.2, -0.15) is 4.98 Å². The van der Waals surface area contributed by atoms with Crippen LogP contribution in [0.3, 0.4) is 0 Å². The van der Waals surface area contributed by atoms with Crippen molar-refractivity contribution in [3.63, 3.8) is 0 Å². The number of aryl methyl sites for hydroxylation is 1. The molecule has 2 aromatic heterocycles. The number of methoxy groups -OCH3 is 1. The van der Waals surface area contributed by atoms with E-state index < -0.39 is 0 Å². The number of rotatable bonds is 10. The number of nitrogens with one attached hydrogen (secondary N) is 1. The first-order chi connectivity index (χ1) is 14.9. The molecule has 31 heavy (non-hydrogen) atoms. The molecular formula is C23H29N3O4S. The Morgan fingerprint density at radius 1 is 1.19 bits per heavy atom. The van der Waals surface area contributed by atoms with Crippen molar-refractivity contribution in [1.82, 2.24) is 9.97 Å². The number of carbonyl (C=O) groups excluding carboxylic acids is 1. The summed E-state index contributed by atoms with van der Waals surface area (Å²) < 4.78 is 17.0. The number of nitrogens with zero attached hydrogens (tertiary/aromatic N) is 2. The van der Waals surface area contributed by atoms with Gasteiger partial charge in [0.05, 0.1) is 17.9 Å². The van der Waals surface area contributed by atoms with Crippen molar-refractivity contribution < 1.29 is 19.0 Å². The second kappa shape index (κ2) is 11.1. The quantitative estimate of drug-likeness (QED) is 0.560. The van der Waals surface area contributed by atoms with Crippen molar-refractivity contribution in [2.45, 2.75) is 52.2 Å². The van der Waals surface area contributed by atoms with E-state index in [2.05, 4.69) is 33.5 Å². The van der Waals surface area contributed by atoms with Crippen LogP contribution in [0.15, 0.2) is 41.3 Å². The van der Waals surface area contributed by atoms with Crippen LogP contribution >= 0.6 is 11.3 Å². The zero-order valence-electron chi connectivity index (χ0n) is 18.4. The topological polar surface area (TPSA) is 82.6 Å². The van der Waals surface area contributed by atoms with E-state index in [-0.39, 0.29) is 18.1 Å². The maximum atomic E-state index is 12.8. The molecule has 2 atom stereocenters. The zero-order chi connectivity index (χ0) is 22.2. The summed E-state index contributed by atoms with van der Waals surface area (Å²) >= 11 is 1.38. The summed E-state index contributed by atoms with van der Waals surface area (Å²) in [6, 6.07) is 3.24. The molecule has 2 aromatic rings. The second-order valence-electron chi connectivity index (χ2n) is 7.59. The van der Waals surface area contributed by atoms with Crippen LogP contribution < -0.4 is 14.8 Å². The fourth-order valence-electron chi connectivity index (χ4n) is 3.23. The van der Waals surface area contributed by atoms with Crippen LogP contribution in [0.2, 0.25) is 0 Å². The standard InChI is InChI=1S/C23H29N3O4S/c1-15-14-31-23(24-15)26-22(27)19-11-20(25-21(12-19)30-17(3)13-28-4)29-16(2)10-18-8-6-5-7-9-18/h5-6,8,11-12,14,16-17H,7,9-10,13H2,1-4H3,(H,24,26,27). The molecule has 1 aliphatic carbocycles. The first-order valence-electron chi connectivity index (χ1n) is 10.4. The van der Waals surface area contributed by atoms with Crippen molar-refractivity contribution in [1.29, 1.82) is 0 Å². The van der Waals surface area contributed by atoms with E-state index >= 15 is 0 Å². The molecule has 0 aromatic carbocycles. The molecule has 0 saturated heterocycles. The van der Waals surface area contributed by atoms with Crippen LogP contribution in [0.5, 0.6) is 11.8 Å². The Morgan fingerprint density at radius 3 is 2.55 bits per heavy atom. The molecule has 0 fully saturated rings. The Bertz CT molecular complexity index is 954. The number of pyridine rings is 1. The van der Waals surface area contributed by atoms with Crippen molar-refractivity contribution >= 4 is 22.4 Å². The van der Waals surface area contributed by atoms with Gasteiger partial charge in [-0.25, -0.2) is 4.98 Å². The number of hydrogen-bond donors (Lipinski definition) is 1. The van der Waals surface area contributed by atoms with Crippen molar-refractivity contribution in [2.24, 2.45) is 0 Å². The smallest absolute Gasteiger partial charge is 0.257 e. The average Bonchev–Trinajstić information content (AvgIpc) is 3.13. The van der Waals surface area contributed by atoms with Crippen LogP contribution in [0.4, 0.5) is 5.13 Å². The molecular weight excluding hydrogens is 414 g/mol. The third-order valence-corrected chi connectivity index (χ3v) is 5.45. The molecule has 1 amide bonds. The maximum Gasteiger partial charge on any atom is 0.257 e. The predicted molar refractivity (Wildman–Crippen MR) is 122 cm³/mol. The van der Waals surface area contributed by atoms with Crippen LogP contribution in [-0.2, 0) is 4.74 Å². The molecule has 1 N–H and O–H groups in total. The van der Waals surface area contributed by atoms with Gasteiger partial charge in [0.2, 0.25) is 11.8 Å². The normalized spacial score (nSPS) is 15.2. The lowest BCUT2D eigenvalue weighted by atomic mass is 10.00. The molecule has 166 valence electrons. The first-order valence-corrected chi connectivity index (χ1v) is 11.2. The highest BCUT2D eigenvalue weighted by atomic mass is 32.1. The second-order valence-corrected chi connectivity index (χ2v) is 8.45. The Labute approximate surface area is 187 Å². The number of ether oxygens (including phenoxy) is 3. The van der Waals surface area contributed by atoms with Crippen LogP contribution in [0, 0.1) is 6.92 Å². The molecule has 0 bridgehead atoms. The zero-order valence-corrected chi connectivity index (χ0v) is 19.2. The molecule has 0 spiro atoms. The van der Waals surface area contributed by atoms with E-state index in [0.29, 0.717) is 29.1 Å². The Kier molecular flexibility index (Phi) is 8.20. The minimum atomic E-state index is -0.293. The monoisotopic (exact) mass is 443 g/mol. The first kappa shape index (κ1) is 23.0. The number of amides is 1. The summed E-state index contributed by atoms with van der Waals surface area (Å²) in [6.45, 7) is 6.17. The van der Waals surface area contributed by atoms with E-state index in [9.17, 15) is 4.79 Å². The number of allylic oxidation sites excluding steroid dienone is 3. The van der Waals surface area contributed by atoms with Crippen LogP contribution in [0.1, 0.15) is 49.2 Å². The highest BCUT2D eigenvalue weighted by molar-refractivity contribution is 7.13. The van der Waals surface area contributed by atoms with Gasteiger partial charge in [-0.15, -0.1) is 11.3 Å². The molecule has 0 saturated carbocycles. The molecule has 2 heterocycles. The molecule has 7 nitrogen and oxygen atoms in total. The highest BCUT2D eigenvalue weighted by Gasteiger charge is 2.17. The SMILES string of the molecule is COCC(C)Oc1cc(C(=O)Nc2nc(C)cs2)cc(OC(C)CC2=CC=CCC2)n1.